The summed E-state index contributed by atoms with van der Waals surface area (Å²) in [6, 6.07) is 11.9. The van der Waals surface area contributed by atoms with Gasteiger partial charge >= 0.3 is 6.18 Å². The van der Waals surface area contributed by atoms with Crippen molar-refractivity contribution in [3.63, 3.8) is 0 Å². The van der Waals surface area contributed by atoms with Crippen molar-refractivity contribution >= 4 is 22.4 Å². The van der Waals surface area contributed by atoms with Crippen LogP contribution in [-0.2, 0) is 12.7 Å². The average Bonchev–Trinajstić information content (AvgIpc) is 3.15. The van der Waals surface area contributed by atoms with E-state index in [1.807, 2.05) is 0 Å². The third kappa shape index (κ3) is 5.14. The van der Waals surface area contributed by atoms with Crippen molar-refractivity contribution in [2.75, 3.05) is 5.32 Å². The van der Waals surface area contributed by atoms with Gasteiger partial charge in [0.25, 0.3) is 11.5 Å². The summed E-state index contributed by atoms with van der Waals surface area (Å²) < 4.78 is 53.5. The van der Waals surface area contributed by atoms with Gasteiger partial charge in [0.05, 0.1) is 17.8 Å². The number of benzene rings is 1. The number of nitrogens with zero attached hydrogens (tertiary/aromatic N) is 3. The first-order valence-corrected chi connectivity index (χ1v) is 10.3. The predicted octanol–water partition coefficient (Wildman–Crippen LogP) is 4.83. The van der Waals surface area contributed by atoms with Gasteiger partial charge in [-0.25, -0.2) is 4.98 Å². The number of anilines is 1. The van der Waals surface area contributed by atoms with Crippen molar-refractivity contribution in [1.29, 1.82) is 0 Å². The minimum absolute atomic E-state index is 0.00265. The smallest absolute Gasteiger partial charge is 0.311 e. The largest absolute Gasteiger partial charge is 0.416 e. The van der Waals surface area contributed by atoms with Gasteiger partial charge < -0.3 is 4.57 Å². The van der Waals surface area contributed by atoms with Gasteiger partial charge in [0, 0.05) is 24.0 Å². The van der Waals surface area contributed by atoms with Gasteiger partial charge in [-0.1, -0.05) is 29.5 Å². The molecule has 0 unspecified atom stereocenters. The number of rotatable bonds is 5. The molecule has 4 aromatic rings. The summed E-state index contributed by atoms with van der Waals surface area (Å²) in [5, 5.41) is 1.84. The number of thiazole rings is 1. The lowest BCUT2D eigenvalue weighted by Gasteiger charge is -2.09. The highest BCUT2D eigenvalue weighted by molar-refractivity contribution is 7.14. The van der Waals surface area contributed by atoms with Crippen LogP contribution in [0.4, 0.5) is 22.7 Å². The molecule has 6 nitrogen and oxygen atoms in total. The molecule has 11 heteroatoms. The Balaban J connectivity index is 1.47. The minimum Gasteiger partial charge on any atom is -0.311 e. The van der Waals surface area contributed by atoms with Gasteiger partial charge in [-0.05, 0) is 35.9 Å². The van der Waals surface area contributed by atoms with E-state index >= 15 is 0 Å². The zero-order chi connectivity index (χ0) is 23.6. The monoisotopic (exact) mass is 474 g/mol. The van der Waals surface area contributed by atoms with Crippen LogP contribution in [0.2, 0.25) is 0 Å². The van der Waals surface area contributed by atoms with E-state index in [1.54, 1.807) is 18.2 Å². The third-order valence-corrected chi connectivity index (χ3v) is 5.37. The standard InChI is InChI=1S/C22H14F4N4O2S/c23-19-18(16-3-1-2-9-27-16)28-21(33-19)29-20(32)14-8-10-30(17(31)11-14)12-13-4-6-15(7-5-13)22(24,25)26/h1-11H,12H2,(H,28,29,32). The van der Waals surface area contributed by atoms with Gasteiger partial charge in [-0.3, -0.25) is 19.9 Å². The molecule has 0 aliphatic rings. The lowest BCUT2D eigenvalue weighted by molar-refractivity contribution is -0.137. The highest BCUT2D eigenvalue weighted by atomic mass is 32.1. The topological polar surface area (TPSA) is 76.9 Å². The molecule has 0 fully saturated rings. The lowest BCUT2D eigenvalue weighted by Crippen LogP contribution is -2.22. The number of carbonyl (C=O) groups is 1. The summed E-state index contributed by atoms with van der Waals surface area (Å²) >= 11 is 0.631. The van der Waals surface area contributed by atoms with Crippen molar-refractivity contribution < 1.29 is 22.4 Å². The van der Waals surface area contributed by atoms with E-state index in [0.29, 0.717) is 22.6 Å². The molecular formula is C22H14F4N4O2S. The van der Waals surface area contributed by atoms with E-state index in [-0.39, 0.29) is 22.9 Å². The maximum absolute atomic E-state index is 14.2. The number of alkyl halides is 3. The van der Waals surface area contributed by atoms with E-state index in [2.05, 4.69) is 15.3 Å². The number of nitrogens with one attached hydrogen (secondary N) is 1. The lowest BCUT2D eigenvalue weighted by atomic mass is 10.1. The maximum Gasteiger partial charge on any atom is 0.416 e. The number of aromatic nitrogens is 3. The number of carbonyl (C=O) groups excluding carboxylic acids is 1. The van der Waals surface area contributed by atoms with Crippen LogP contribution < -0.4 is 10.9 Å². The molecule has 1 amide bonds. The van der Waals surface area contributed by atoms with Gasteiger partial charge in [0.1, 0.15) is 5.69 Å². The molecule has 4 rings (SSSR count). The number of hydrogen-bond acceptors (Lipinski definition) is 5. The van der Waals surface area contributed by atoms with E-state index in [9.17, 15) is 27.2 Å². The van der Waals surface area contributed by atoms with Gasteiger partial charge in [-0.15, -0.1) is 0 Å². The number of amides is 1. The van der Waals surface area contributed by atoms with Crippen molar-refractivity contribution in [3.8, 4) is 11.4 Å². The van der Waals surface area contributed by atoms with Crippen LogP contribution in [0.3, 0.4) is 0 Å². The fourth-order valence-electron chi connectivity index (χ4n) is 2.96. The molecule has 3 aromatic heterocycles. The normalized spacial score (nSPS) is 11.4. The Labute approximate surface area is 188 Å². The van der Waals surface area contributed by atoms with Crippen molar-refractivity contribution in [1.82, 2.24) is 14.5 Å². The molecule has 0 aliphatic carbocycles. The Kier molecular flexibility index (Phi) is 6.05. The van der Waals surface area contributed by atoms with Crippen LogP contribution in [-0.4, -0.2) is 20.4 Å². The van der Waals surface area contributed by atoms with E-state index < -0.39 is 28.3 Å². The first kappa shape index (κ1) is 22.3. The number of halogens is 4. The highest BCUT2D eigenvalue weighted by Gasteiger charge is 2.29. The Morgan fingerprint density at radius 1 is 1.09 bits per heavy atom. The fourth-order valence-corrected chi connectivity index (χ4v) is 3.66. The van der Waals surface area contributed by atoms with Crippen molar-refractivity contribution in [2.24, 2.45) is 0 Å². The van der Waals surface area contributed by atoms with Crippen LogP contribution in [0.25, 0.3) is 11.4 Å². The Morgan fingerprint density at radius 2 is 1.85 bits per heavy atom. The zero-order valence-electron chi connectivity index (χ0n) is 16.6. The molecule has 1 aromatic carbocycles. The average molecular weight is 474 g/mol. The van der Waals surface area contributed by atoms with Crippen LogP contribution in [0.15, 0.2) is 71.8 Å². The Hall–Kier alpha value is -3.86. The molecule has 0 aliphatic heterocycles. The second-order valence-corrected chi connectivity index (χ2v) is 7.84. The van der Waals surface area contributed by atoms with Crippen LogP contribution >= 0.6 is 11.3 Å². The van der Waals surface area contributed by atoms with Crippen LogP contribution in [0, 0.1) is 5.13 Å². The van der Waals surface area contributed by atoms with Crippen LogP contribution in [0.1, 0.15) is 21.5 Å². The van der Waals surface area contributed by atoms with E-state index in [4.69, 9.17) is 0 Å². The third-order valence-electron chi connectivity index (χ3n) is 4.61. The summed E-state index contributed by atoms with van der Waals surface area (Å²) in [6.07, 6.45) is -1.59. The van der Waals surface area contributed by atoms with Crippen molar-refractivity contribution in [2.45, 2.75) is 12.7 Å². The minimum atomic E-state index is -4.44. The summed E-state index contributed by atoms with van der Waals surface area (Å²) in [6.45, 7) is 0.0317. The maximum atomic E-state index is 14.2. The van der Waals surface area contributed by atoms with E-state index in [0.717, 1.165) is 18.2 Å². The first-order chi connectivity index (χ1) is 15.7. The molecule has 0 spiro atoms. The van der Waals surface area contributed by atoms with Gasteiger partial charge in [0.2, 0.25) is 5.13 Å². The number of hydrogen-bond donors (Lipinski definition) is 1. The molecule has 0 bridgehead atoms. The molecule has 0 radical (unpaired) electrons. The molecular weight excluding hydrogens is 460 g/mol. The molecule has 0 saturated carbocycles. The molecule has 0 atom stereocenters. The summed E-state index contributed by atoms with van der Waals surface area (Å²) in [4.78, 5) is 33.0. The number of pyridine rings is 2. The Morgan fingerprint density at radius 3 is 2.48 bits per heavy atom. The second-order valence-electron chi connectivity index (χ2n) is 6.89. The van der Waals surface area contributed by atoms with Crippen molar-refractivity contribution in [3.05, 3.63) is 99.2 Å². The zero-order valence-corrected chi connectivity index (χ0v) is 17.5. The van der Waals surface area contributed by atoms with Gasteiger partial charge in [0.15, 0.2) is 5.13 Å². The summed E-state index contributed by atoms with van der Waals surface area (Å²) in [7, 11) is 0. The predicted molar refractivity (Wildman–Crippen MR) is 115 cm³/mol. The second kappa shape index (κ2) is 8.94. The highest BCUT2D eigenvalue weighted by Crippen LogP contribution is 2.29. The van der Waals surface area contributed by atoms with E-state index in [1.165, 1.54) is 35.2 Å². The van der Waals surface area contributed by atoms with Crippen LogP contribution in [0.5, 0.6) is 0 Å². The molecule has 0 saturated heterocycles. The molecule has 168 valence electrons. The first-order valence-electron chi connectivity index (χ1n) is 9.46. The SMILES string of the molecule is O=C(Nc1nc(-c2ccccn2)c(F)s1)c1ccn(Cc2ccc(C(F)(F)F)cc2)c(=O)c1. The summed E-state index contributed by atoms with van der Waals surface area (Å²) in [5.41, 5.74) is -0.473. The molecule has 1 N–H and O–H groups in total. The molecule has 33 heavy (non-hydrogen) atoms. The summed E-state index contributed by atoms with van der Waals surface area (Å²) in [5.74, 6) is -0.657. The molecule has 3 heterocycles. The quantitative estimate of drug-likeness (QED) is 0.421. The van der Waals surface area contributed by atoms with Gasteiger partial charge in [-0.2, -0.15) is 17.6 Å². The fraction of sp³-hybridized carbons (Fsp3) is 0.0909. The Bertz CT molecular complexity index is 1350.